The largest absolute Gasteiger partial charge is 0.461 e. The van der Waals surface area contributed by atoms with Crippen LogP contribution in [0.2, 0.25) is 5.02 Å². The first-order valence-corrected chi connectivity index (χ1v) is 7.08. The number of hydrogen-bond acceptors (Lipinski definition) is 3. The highest BCUT2D eigenvalue weighted by Crippen LogP contribution is 2.18. The van der Waals surface area contributed by atoms with Gasteiger partial charge < -0.3 is 9.84 Å². The normalized spacial score (nSPS) is 12.0. The zero-order valence-corrected chi connectivity index (χ0v) is 12.5. The van der Waals surface area contributed by atoms with Crippen molar-refractivity contribution in [2.24, 2.45) is 0 Å². The molecule has 0 amide bonds. The molecule has 21 heavy (non-hydrogen) atoms. The molecule has 4 heteroatoms. The van der Waals surface area contributed by atoms with Crippen LogP contribution in [0.3, 0.4) is 0 Å². The molecule has 0 heterocycles. The lowest BCUT2D eigenvalue weighted by molar-refractivity contribution is 0.0450. The van der Waals surface area contributed by atoms with Gasteiger partial charge in [-0.15, -0.1) is 0 Å². The van der Waals surface area contributed by atoms with Crippen LogP contribution in [0.15, 0.2) is 48.5 Å². The molecule has 1 N–H and O–H groups in total. The molecular weight excluding hydrogens is 288 g/mol. The zero-order valence-electron chi connectivity index (χ0n) is 11.8. The summed E-state index contributed by atoms with van der Waals surface area (Å²) in [4.78, 5) is 12.0. The third-order valence-electron chi connectivity index (χ3n) is 3.18. The van der Waals surface area contributed by atoms with E-state index in [0.29, 0.717) is 10.6 Å². The van der Waals surface area contributed by atoms with E-state index in [1.165, 1.54) is 0 Å². The molecule has 0 saturated heterocycles. The molecule has 0 aromatic heterocycles. The Bertz CT molecular complexity index is 590. The second-order valence-corrected chi connectivity index (χ2v) is 5.34. The Hall–Kier alpha value is -1.84. The maximum Gasteiger partial charge on any atom is 0.338 e. The molecule has 1 atom stereocenters. The van der Waals surface area contributed by atoms with Crippen molar-refractivity contribution in [3.05, 3.63) is 70.2 Å². The van der Waals surface area contributed by atoms with Gasteiger partial charge in [0.25, 0.3) is 0 Å². The highest BCUT2D eigenvalue weighted by atomic mass is 35.5. The standard InChI is InChI=1S/C17H17ClO3/c1-12-7-14(9-16(18)8-12)17(20)21-11-15(10-19)13-5-3-2-4-6-13/h2-9,15,19H,10-11H2,1H3. The predicted molar refractivity (Wildman–Crippen MR) is 82.7 cm³/mol. The van der Waals surface area contributed by atoms with Gasteiger partial charge in [-0.1, -0.05) is 41.9 Å². The molecule has 1 unspecified atom stereocenters. The minimum absolute atomic E-state index is 0.0775. The summed E-state index contributed by atoms with van der Waals surface area (Å²) in [5, 5.41) is 9.94. The third kappa shape index (κ3) is 4.31. The zero-order chi connectivity index (χ0) is 15.2. The number of aryl methyl sites for hydroxylation is 1. The SMILES string of the molecule is Cc1cc(Cl)cc(C(=O)OCC(CO)c2ccccc2)c1. The summed E-state index contributed by atoms with van der Waals surface area (Å²) in [5.41, 5.74) is 2.26. The number of halogens is 1. The highest BCUT2D eigenvalue weighted by molar-refractivity contribution is 6.31. The van der Waals surface area contributed by atoms with Crippen LogP contribution in [0.5, 0.6) is 0 Å². The van der Waals surface area contributed by atoms with E-state index >= 15 is 0 Å². The Morgan fingerprint density at radius 3 is 2.57 bits per heavy atom. The van der Waals surface area contributed by atoms with Gasteiger partial charge in [0.2, 0.25) is 0 Å². The summed E-state index contributed by atoms with van der Waals surface area (Å²) in [6.45, 7) is 1.92. The van der Waals surface area contributed by atoms with E-state index in [-0.39, 0.29) is 19.1 Å². The Morgan fingerprint density at radius 1 is 1.24 bits per heavy atom. The summed E-state index contributed by atoms with van der Waals surface area (Å²) in [7, 11) is 0. The van der Waals surface area contributed by atoms with E-state index in [1.54, 1.807) is 18.2 Å². The van der Waals surface area contributed by atoms with Gasteiger partial charge in [0.15, 0.2) is 0 Å². The maximum absolute atomic E-state index is 12.0. The maximum atomic E-state index is 12.0. The molecular formula is C17H17ClO3. The van der Waals surface area contributed by atoms with E-state index in [2.05, 4.69) is 0 Å². The Kier molecular flexibility index (Phi) is 5.37. The molecule has 0 aliphatic rings. The van der Waals surface area contributed by atoms with Gasteiger partial charge in [0.1, 0.15) is 6.61 Å². The van der Waals surface area contributed by atoms with Crippen LogP contribution in [-0.2, 0) is 4.74 Å². The number of hydrogen-bond donors (Lipinski definition) is 1. The van der Waals surface area contributed by atoms with E-state index < -0.39 is 5.97 Å². The number of carbonyl (C=O) groups excluding carboxylic acids is 1. The van der Waals surface area contributed by atoms with E-state index in [0.717, 1.165) is 11.1 Å². The Morgan fingerprint density at radius 2 is 1.95 bits per heavy atom. The van der Waals surface area contributed by atoms with Crippen LogP contribution in [-0.4, -0.2) is 24.3 Å². The number of esters is 1. The molecule has 3 nitrogen and oxygen atoms in total. The summed E-state index contributed by atoms with van der Waals surface area (Å²) in [6, 6.07) is 14.6. The van der Waals surface area contributed by atoms with Gasteiger partial charge in [-0.2, -0.15) is 0 Å². The van der Waals surface area contributed by atoms with Crippen LogP contribution < -0.4 is 0 Å². The third-order valence-corrected chi connectivity index (χ3v) is 3.40. The van der Waals surface area contributed by atoms with E-state index in [9.17, 15) is 9.90 Å². The monoisotopic (exact) mass is 304 g/mol. The molecule has 0 aliphatic heterocycles. The lowest BCUT2D eigenvalue weighted by atomic mass is 10.0. The second-order valence-electron chi connectivity index (χ2n) is 4.91. The van der Waals surface area contributed by atoms with Crippen molar-refractivity contribution in [1.29, 1.82) is 0 Å². The smallest absolute Gasteiger partial charge is 0.338 e. The predicted octanol–water partition coefficient (Wildman–Crippen LogP) is 3.58. The number of ether oxygens (including phenoxy) is 1. The quantitative estimate of drug-likeness (QED) is 0.859. The molecule has 0 spiro atoms. The molecule has 0 aliphatic carbocycles. The van der Waals surface area contributed by atoms with E-state index in [4.69, 9.17) is 16.3 Å². The van der Waals surface area contributed by atoms with Gasteiger partial charge in [-0.25, -0.2) is 4.79 Å². The number of carbonyl (C=O) groups is 1. The van der Waals surface area contributed by atoms with Crippen LogP contribution in [0.1, 0.15) is 27.4 Å². The topological polar surface area (TPSA) is 46.5 Å². The fraction of sp³-hybridized carbons (Fsp3) is 0.235. The lowest BCUT2D eigenvalue weighted by Gasteiger charge is -2.15. The van der Waals surface area contributed by atoms with Crippen LogP contribution in [0.25, 0.3) is 0 Å². The molecule has 0 bridgehead atoms. The van der Waals surface area contributed by atoms with Gasteiger partial charge in [0, 0.05) is 10.9 Å². The molecule has 2 aromatic rings. The minimum atomic E-state index is -0.435. The molecule has 0 fully saturated rings. The van der Waals surface area contributed by atoms with Crippen LogP contribution in [0, 0.1) is 6.92 Å². The lowest BCUT2D eigenvalue weighted by Crippen LogP contribution is -2.16. The minimum Gasteiger partial charge on any atom is -0.461 e. The van der Waals surface area contributed by atoms with Gasteiger partial charge in [0.05, 0.1) is 12.2 Å². The highest BCUT2D eigenvalue weighted by Gasteiger charge is 2.15. The summed E-state index contributed by atoms with van der Waals surface area (Å²) in [5.74, 6) is -0.662. The summed E-state index contributed by atoms with van der Waals surface area (Å²) >= 11 is 5.93. The molecule has 0 radical (unpaired) electrons. The fourth-order valence-corrected chi connectivity index (χ4v) is 2.38. The van der Waals surface area contributed by atoms with Crippen molar-refractivity contribution < 1.29 is 14.6 Å². The number of rotatable bonds is 5. The number of benzene rings is 2. The van der Waals surface area contributed by atoms with Crippen molar-refractivity contribution in [1.82, 2.24) is 0 Å². The first-order valence-electron chi connectivity index (χ1n) is 6.70. The van der Waals surface area contributed by atoms with Gasteiger partial charge >= 0.3 is 5.97 Å². The molecule has 2 aromatic carbocycles. The Balaban J connectivity index is 2.02. The van der Waals surface area contributed by atoms with Crippen molar-refractivity contribution in [3.63, 3.8) is 0 Å². The van der Waals surface area contributed by atoms with Crippen LogP contribution >= 0.6 is 11.6 Å². The van der Waals surface area contributed by atoms with Crippen molar-refractivity contribution >= 4 is 17.6 Å². The first-order chi connectivity index (χ1) is 10.1. The van der Waals surface area contributed by atoms with Crippen molar-refractivity contribution in [2.75, 3.05) is 13.2 Å². The summed E-state index contributed by atoms with van der Waals surface area (Å²) in [6.07, 6.45) is 0. The average Bonchev–Trinajstić information content (AvgIpc) is 2.47. The first kappa shape index (κ1) is 15.5. The second kappa shape index (κ2) is 7.25. The van der Waals surface area contributed by atoms with Gasteiger partial charge in [-0.3, -0.25) is 0 Å². The van der Waals surface area contributed by atoms with Crippen LogP contribution in [0.4, 0.5) is 0 Å². The van der Waals surface area contributed by atoms with Crippen molar-refractivity contribution in [3.8, 4) is 0 Å². The molecule has 110 valence electrons. The number of aliphatic hydroxyl groups excluding tert-OH is 1. The number of aliphatic hydroxyl groups is 1. The van der Waals surface area contributed by atoms with Gasteiger partial charge in [-0.05, 0) is 36.2 Å². The molecule has 2 rings (SSSR count). The Labute approximate surface area is 129 Å². The fourth-order valence-electron chi connectivity index (χ4n) is 2.09. The van der Waals surface area contributed by atoms with Crippen molar-refractivity contribution in [2.45, 2.75) is 12.8 Å². The average molecular weight is 305 g/mol. The molecule has 0 saturated carbocycles. The van der Waals surface area contributed by atoms with E-state index in [1.807, 2.05) is 37.3 Å². The summed E-state index contributed by atoms with van der Waals surface area (Å²) < 4.78 is 5.29.